The number of amides is 1. The van der Waals surface area contributed by atoms with Crippen LogP contribution in [0.25, 0.3) is 11.4 Å². The number of carbonyl (C=O) groups is 1. The summed E-state index contributed by atoms with van der Waals surface area (Å²) in [7, 11) is 0. The summed E-state index contributed by atoms with van der Waals surface area (Å²) < 4.78 is 3.26. The molecule has 1 amide bonds. The molecular formula is C15H17N7O. The second-order valence-electron chi connectivity index (χ2n) is 5.03. The molecule has 0 fully saturated rings. The maximum absolute atomic E-state index is 12.0. The van der Waals surface area contributed by atoms with Crippen LogP contribution in [0.15, 0.2) is 42.9 Å². The Morgan fingerprint density at radius 2 is 2.13 bits per heavy atom. The van der Waals surface area contributed by atoms with Crippen LogP contribution in [0.4, 0.5) is 5.82 Å². The van der Waals surface area contributed by atoms with Gasteiger partial charge in [0, 0.05) is 18.9 Å². The van der Waals surface area contributed by atoms with Crippen LogP contribution in [0.1, 0.15) is 13.3 Å². The Kier molecular flexibility index (Phi) is 4.41. The topological polar surface area (TPSA) is 90.5 Å². The summed E-state index contributed by atoms with van der Waals surface area (Å²) >= 11 is 0. The number of rotatable bonds is 6. The first kappa shape index (κ1) is 14.9. The molecule has 0 radical (unpaired) electrons. The lowest BCUT2D eigenvalue weighted by Gasteiger charge is -2.01. The lowest BCUT2D eigenvalue weighted by molar-refractivity contribution is -0.116. The molecule has 0 saturated carbocycles. The quantitative estimate of drug-likeness (QED) is 0.746. The van der Waals surface area contributed by atoms with E-state index >= 15 is 0 Å². The lowest BCUT2D eigenvalue weighted by atomic mass is 10.3. The van der Waals surface area contributed by atoms with Gasteiger partial charge in [0.1, 0.15) is 12.2 Å². The summed E-state index contributed by atoms with van der Waals surface area (Å²) in [5.74, 6) is 0.241. The van der Waals surface area contributed by atoms with E-state index in [1.54, 1.807) is 28.0 Å². The van der Waals surface area contributed by atoms with Gasteiger partial charge in [0.15, 0.2) is 5.82 Å². The Hall–Kier alpha value is -3.03. The first-order chi connectivity index (χ1) is 11.2. The fourth-order valence-electron chi connectivity index (χ4n) is 2.12. The van der Waals surface area contributed by atoms with E-state index in [1.165, 1.54) is 0 Å². The zero-order chi connectivity index (χ0) is 16.1. The zero-order valence-electron chi connectivity index (χ0n) is 12.8. The lowest BCUT2D eigenvalue weighted by Crippen LogP contribution is -2.19. The third-order valence-electron chi connectivity index (χ3n) is 3.13. The predicted molar refractivity (Wildman–Crippen MR) is 84.4 cm³/mol. The molecule has 0 bridgehead atoms. The zero-order valence-corrected chi connectivity index (χ0v) is 12.8. The van der Waals surface area contributed by atoms with Crippen LogP contribution in [0.5, 0.6) is 0 Å². The van der Waals surface area contributed by atoms with Gasteiger partial charge in [-0.3, -0.25) is 19.1 Å². The average Bonchev–Trinajstić information content (AvgIpc) is 3.18. The minimum Gasteiger partial charge on any atom is -0.306 e. The van der Waals surface area contributed by atoms with Crippen LogP contribution in [0.3, 0.4) is 0 Å². The highest BCUT2D eigenvalue weighted by molar-refractivity contribution is 5.89. The number of hydrogen-bond donors (Lipinski definition) is 1. The second kappa shape index (κ2) is 6.82. The van der Waals surface area contributed by atoms with Gasteiger partial charge in [-0.25, -0.2) is 0 Å². The Labute approximate surface area is 133 Å². The molecule has 8 nitrogen and oxygen atoms in total. The molecule has 3 rings (SSSR count). The third kappa shape index (κ3) is 3.79. The fraction of sp³-hybridized carbons (Fsp3) is 0.267. The van der Waals surface area contributed by atoms with Gasteiger partial charge in [0.25, 0.3) is 0 Å². The number of anilines is 1. The van der Waals surface area contributed by atoms with Crippen molar-refractivity contribution in [1.82, 2.24) is 29.8 Å². The molecule has 0 unspecified atom stereocenters. The number of hydrogen-bond acceptors (Lipinski definition) is 5. The molecular weight excluding hydrogens is 294 g/mol. The highest BCUT2D eigenvalue weighted by Crippen LogP contribution is 2.12. The Morgan fingerprint density at radius 3 is 2.91 bits per heavy atom. The summed E-state index contributed by atoms with van der Waals surface area (Å²) in [6, 6.07) is 7.44. The van der Waals surface area contributed by atoms with Crippen molar-refractivity contribution in [2.45, 2.75) is 26.4 Å². The SMILES string of the molecule is CCCn1cc(NC(=O)Cn2ccc(-c3ccccn3)n2)nn1. The second-order valence-corrected chi connectivity index (χ2v) is 5.03. The van der Waals surface area contributed by atoms with Crippen LogP contribution in [0.2, 0.25) is 0 Å². The Bertz CT molecular complexity index is 778. The van der Waals surface area contributed by atoms with Gasteiger partial charge in [0.05, 0.1) is 11.9 Å². The van der Waals surface area contributed by atoms with E-state index in [0.717, 1.165) is 24.4 Å². The molecule has 3 aromatic rings. The molecule has 0 aliphatic rings. The smallest absolute Gasteiger partial charge is 0.247 e. The van der Waals surface area contributed by atoms with Crippen molar-refractivity contribution in [2.75, 3.05) is 5.32 Å². The number of carbonyl (C=O) groups excluding carboxylic acids is 1. The summed E-state index contributed by atoms with van der Waals surface area (Å²) in [5, 5.41) is 14.9. The predicted octanol–water partition coefficient (Wildman–Crippen LogP) is 1.59. The van der Waals surface area contributed by atoms with Gasteiger partial charge in [-0.1, -0.05) is 18.2 Å². The summed E-state index contributed by atoms with van der Waals surface area (Å²) in [6.07, 6.45) is 6.13. The molecule has 0 atom stereocenters. The first-order valence-electron chi connectivity index (χ1n) is 7.39. The van der Waals surface area contributed by atoms with Crippen molar-refractivity contribution in [2.24, 2.45) is 0 Å². The van der Waals surface area contributed by atoms with E-state index in [-0.39, 0.29) is 12.5 Å². The molecule has 118 valence electrons. The molecule has 0 saturated heterocycles. The van der Waals surface area contributed by atoms with Gasteiger partial charge in [-0.2, -0.15) is 5.10 Å². The van der Waals surface area contributed by atoms with Crippen LogP contribution in [0, 0.1) is 0 Å². The highest BCUT2D eigenvalue weighted by atomic mass is 16.2. The largest absolute Gasteiger partial charge is 0.306 e. The van der Waals surface area contributed by atoms with Crippen molar-refractivity contribution in [3.63, 3.8) is 0 Å². The minimum absolute atomic E-state index is 0.105. The van der Waals surface area contributed by atoms with E-state index in [1.807, 2.05) is 24.3 Å². The molecule has 0 aromatic carbocycles. The van der Waals surface area contributed by atoms with Crippen molar-refractivity contribution in [3.05, 3.63) is 42.9 Å². The molecule has 0 spiro atoms. The fourth-order valence-corrected chi connectivity index (χ4v) is 2.12. The normalized spacial score (nSPS) is 10.7. The molecule has 3 heterocycles. The number of nitrogens with one attached hydrogen (secondary N) is 1. The first-order valence-corrected chi connectivity index (χ1v) is 7.39. The van der Waals surface area contributed by atoms with Crippen molar-refractivity contribution in [1.29, 1.82) is 0 Å². The molecule has 1 N–H and O–H groups in total. The number of aromatic nitrogens is 6. The number of nitrogens with zero attached hydrogens (tertiary/aromatic N) is 6. The summed E-state index contributed by atoms with van der Waals surface area (Å²) in [5.41, 5.74) is 1.50. The van der Waals surface area contributed by atoms with Gasteiger partial charge in [-0.05, 0) is 24.6 Å². The third-order valence-corrected chi connectivity index (χ3v) is 3.13. The van der Waals surface area contributed by atoms with E-state index < -0.39 is 0 Å². The Morgan fingerprint density at radius 1 is 1.22 bits per heavy atom. The van der Waals surface area contributed by atoms with Crippen molar-refractivity contribution >= 4 is 11.7 Å². The highest BCUT2D eigenvalue weighted by Gasteiger charge is 2.09. The number of pyridine rings is 1. The maximum atomic E-state index is 12.0. The van der Waals surface area contributed by atoms with Gasteiger partial charge in [-0.15, -0.1) is 5.10 Å². The van der Waals surface area contributed by atoms with Crippen LogP contribution in [-0.2, 0) is 17.9 Å². The summed E-state index contributed by atoms with van der Waals surface area (Å²) in [4.78, 5) is 16.3. The van der Waals surface area contributed by atoms with E-state index in [4.69, 9.17) is 0 Å². The maximum Gasteiger partial charge on any atom is 0.247 e. The standard InChI is InChI=1S/C15H17N7O/c1-2-8-22-10-14(18-20-22)17-15(23)11-21-9-6-13(19-21)12-5-3-4-7-16-12/h3-7,9-10H,2,8,11H2,1H3,(H,17,23). The van der Waals surface area contributed by atoms with Crippen molar-refractivity contribution < 1.29 is 4.79 Å². The van der Waals surface area contributed by atoms with Crippen molar-refractivity contribution in [3.8, 4) is 11.4 Å². The Balaban J connectivity index is 1.60. The van der Waals surface area contributed by atoms with Gasteiger partial charge < -0.3 is 5.32 Å². The molecule has 3 aromatic heterocycles. The number of aryl methyl sites for hydroxylation is 1. The van der Waals surface area contributed by atoms with E-state index in [9.17, 15) is 4.79 Å². The van der Waals surface area contributed by atoms with Crippen LogP contribution >= 0.6 is 0 Å². The molecule has 23 heavy (non-hydrogen) atoms. The molecule has 0 aliphatic carbocycles. The van der Waals surface area contributed by atoms with Gasteiger partial charge >= 0.3 is 0 Å². The summed E-state index contributed by atoms with van der Waals surface area (Å²) in [6.45, 7) is 2.93. The van der Waals surface area contributed by atoms with Crippen LogP contribution < -0.4 is 5.32 Å². The van der Waals surface area contributed by atoms with Crippen LogP contribution in [-0.4, -0.2) is 35.7 Å². The molecule has 0 aliphatic heterocycles. The minimum atomic E-state index is -0.204. The van der Waals surface area contributed by atoms with Gasteiger partial charge in [0.2, 0.25) is 5.91 Å². The van der Waals surface area contributed by atoms with E-state index in [2.05, 4.69) is 32.6 Å². The van der Waals surface area contributed by atoms with E-state index in [0.29, 0.717) is 5.82 Å². The monoisotopic (exact) mass is 311 g/mol. The molecule has 8 heteroatoms. The average molecular weight is 311 g/mol.